The number of halogens is 1. The SMILES string of the molecule is CCCCCCCOc1ccc(Cl)cc1C(=O)NC(CC(=O)O)c1ccc(-c2ccc(N(C)C)cc2)cc1. The lowest BCUT2D eigenvalue weighted by atomic mass is 9.98. The fourth-order valence-corrected chi connectivity index (χ4v) is 4.39. The molecule has 0 saturated heterocycles. The van der Waals surface area contributed by atoms with E-state index in [0.717, 1.165) is 36.1 Å². The lowest BCUT2D eigenvalue weighted by molar-refractivity contribution is -0.137. The molecule has 3 rings (SSSR count). The van der Waals surface area contributed by atoms with Crippen molar-refractivity contribution in [3.63, 3.8) is 0 Å². The Morgan fingerprint density at radius 3 is 2.16 bits per heavy atom. The Labute approximate surface area is 230 Å². The summed E-state index contributed by atoms with van der Waals surface area (Å²) in [6.07, 6.45) is 5.24. The first-order chi connectivity index (χ1) is 18.3. The van der Waals surface area contributed by atoms with Crippen molar-refractivity contribution in [2.75, 3.05) is 25.6 Å². The van der Waals surface area contributed by atoms with Crippen LogP contribution in [0.4, 0.5) is 5.69 Å². The molecule has 3 aromatic rings. The molecule has 6 nitrogen and oxygen atoms in total. The maximum atomic E-state index is 13.3. The van der Waals surface area contributed by atoms with Crippen molar-refractivity contribution in [3.8, 4) is 16.9 Å². The molecule has 0 spiro atoms. The quantitative estimate of drug-likeness (QED) is 0.210. The molecule has 1 amide bonds. The third kappa shape index (κ3) is 8.52. The highest BCUT2D eigenvalue weighted by molar-refractivity contribution is 6.31. The standard InChI is InChI=1S/C31H37ClN2O4/c1-4-5-6-7-8-19-38-29-18-15-25(32)20-27(29)31(37)33-28(21-30(35)36)24-11-9-22(10-12-24)23-13-16-26(17-14-23)34(2)3/h9-18,20,28H,4-8,19,21H2,1-3H3,(H,33,37)(H,35,36). The minimum absolute atomic E-state index is 0.253. The molecule has 1 unspecified atom stereocenters. The van der Waals surface area contributed by atoms with Crippen molar-refractivity contribution >= 4 is 29.2 Å². The zero-order valence-corrected chi connectivity index (χ0v) is 23.1. The van der Waals surface area contributed by atoms with Crippen LogP contribution in [-0.2, 0) is 4.79 Å². The lowest BCUT2D eigenvalue weighted by Crippen LogP contribution is -2.30. The van der Waals surface area contributed by atoms with Crippen LogP contribution in [0.25, 0.3) is 11.1 Å². The summed E-state index contributed by atoms with van der Waals surface area (Å²) in [5, 5.41) is 12.8. The van der Waals surface area contributed by atoms with Gasteiger partial charge in [0.05, 0.1) is 24.6 Å². The maximum absolute atomic E-state index is 13.3. The van der Waals surface area contributed by atoms with E-state index in [9.17, 15) is 14.7 Å². The van der Waals surface area contributed by atoms with Gasteiger partial charge in [0.15, 0.2) is 0 Å². The second kappa shape index (κ2) is 14.4. The number of nitrogens with one attached hydrogen (secondary N) is 1. The average molecular weight is 537 g/mol. The molecule has 0 fully saturated rings. The average Bonchev–Trinajstić information content (AvgIpc) is 2.90. The highest BCUT2D eigenvalue weighted by Gasteiger charge is 2.22. The fraction of sp³-hybridized carbons (Fsp3) is 0.355. The predicted molar refractivity (Wildman–Crippen MR) is 154 cm³/mol. The van der Waals surface area contributed by atoms with Crippen LogP contribution in [0.3, 0.4) is 0 Å². The van der Waals surface area contributed by atoms with Crippen LogP contribution in [0.15, 0.2) is 66.7 Å². The number of hydrogen-bond acceptors (Lipinski definition) is 4. The molecule has 0 bridgehead atoms. The van der Waals surface area contributed by atoms with Crippen molar-refractivity contribution in [2.24, 2.45) is 0 Å². The zero-order valence-electron chi connectivity index (χ0n) is 22.4. The largest absolute Gasteiger partial charge is 0.493 e. The number of carbonyl (C=O) groups excluding carboxylic acids is 1. The number of hydrogen-bond donors (Lipinski definition) is 2. The Hall–Kier alpha value is -3.51. The highest BCUT2D eigenvalue weighted by atomic mass is 35.5. The Balaban J connectivity index is 1.74. The summed E-state index contributed by atoms with van der Waals surface area (Å²) < 4.78 is 5.91. The van der Waals surface area contributed by atoms with Gasteiger partial charge in [-0.3, -0.25) is 9.59 Å². The molecule has 0 heterocycles. The van der Waals surface area contributed by atoms with Crippen molar-refractivity contribution in [3.05, 3.63) is 82.9 Å². The summed E-state index contributed by atoms with van der Waals surface area (Å²) in [4.78, 5) is 27.0. The van der Waals surface area contributed by atoms with Crippen LogP contribution >= 0.6 is 11.6 Å². The summed E-state index contributed by atoms with van der Waals surface area (Å²) >= 11 is 6.19. The van der Waals surface area contributed by atoms with Crippen molar-refractivity contribution < 1.29 is 19.4 Å². The number of aliphatic carboxylic acids is 1. The number of anilines is 1. The van der Waals surface area contributed by atoms with E-state index in [1.807, 2.05) is 67.5 Å². The third-order valence-electron chi connectivity index (χ3n) is 6.41. The zero-order chi connectivity index (χ0) is 27.5. The van der Waals surface area contributed by atoms with Gasteiger partial charge < -0.3 is 20.1 Å². The Bertz CT molecular complexity index is 1190. The topological polar surface area (TPSA) is 78.9 Å². The number of carbonyl (C=O) groups is 2. The maximum Gasteiger partial charge on any atom is 0.305 e. The van der Waals surface area contributed by atoms with Gasteiger partial charge in [0.25, 0.3) is 5.91 Å². The molecule has 3 aromatic carbocycles. The molecule has 0 radical (unpaired) electrons. The normalized spacial score (nSPS) is 11.6. The van der Waals surface area contributed by atoms with Gasteiger partial charge in [-0.05, 0) is 53.4 Å². The van der Waals surface area contributed by atoms with E-state index >= 15 is 0 Å². The number of carboxylic acid groups (broad SMARTS) is 1. The molecule has 2 N–H and O–H groups in total. The number of amides is 1. The highest BCUT2D eigenvalue weighted by Crippen LogP contribution is 2.28. The van der Waals surface area contributed by atoms with Gasteiger partial charge in [0.2, 0.25) is 0 Å². The minimum Gasteiger partial charge on any atom is -0.493 e. The van der Waals surface area contributed by atoms with Gasteiger partial charge in [-0.15, -0.1) is 0 Å². The van der Waals surface area contributed by atoms with E-state index in [0.29, 0.717) is 28.5 Å². The molecule has 1 atom stereocenters. The van der Waals surface area contributed by atoms with Crippen molar-refractivity contribution in [1.29, 1.82) is 0 Å². The van der Waals surface area contributed by atoms with E-state index in [1.54, 1.807) is 18.2 Å². The monoisotopic (exact) mass is 536 g/mol. The van der Waals surface area contributed by atoms with Gasteiger partial charge in [-0.2, -0.15) is 0 Å². The number of benzene rings is 3. The van der Waals surface area contributed by atoms with E-state index in [1.165, 1.54) is 12.8 Å². The van der Waals surface area contributed by atoms with E-state index in [2.05, 4.69) is 12.2 Å². The first-order valence-corrected chi connectivity index (χ1v) is 13.5. The molecular formula is C31H37ClN2O4. The predicted octanol–water partition coefficient (Wildman–Crippen LogP) is 7.37. The number of rotatable bonds is 14. The Kier molecular flexibility index (Phi) is 11.0. The van der Waals surface area contributed by atoms with Crippen LogP contribution in [0.5, 0.6) is 5.75 Å². The second-order valence-electron chi connectivity index (χ2n) is 9.59. The number of ether oxygens (including phenoxy) is 1. The van der Waals surface area contributed by atoms with Crippen LogP contribution in [0, 0.1) is 0 Å². The number of carboxylic acids is 1. The molecule has 202 valence electrons. The van der Waals surface area contributed by atoms with Crippen molar-refractivity contribution in [1.82, 2.24) is 5.32 Å². The van der Waals surface area contributed by atoms with Gasteiger partial charge in [-0.1, -0.05) is 80.6 Å². The Morgan fingerprint density at radius 2 is 1.55 bits per heavy atom. The van der Waals surface area contributed by atoms with Crippen LogP contribution in [0.2, 0.25) is 5.02 Å². The Morgan fingerprint density at radius 1 is 0.921 bits per heavy atom. The van der Waals surface area contributed by atoms with Gasteiger partial charge in [0.1, 0.15) is 5.75 Å². The number of unbranched alkanes of at least 4 members (excludes halogenated alkanes) is 4. The molecule has 0 aliphatic heterocycles. The molecule has 0 saturated carbocycles. The second-order valence-corrected chi connectivity index (χ2v) is 10.0. The van der Waals surface area contributed by atoms with Gasteiger partial charge >= 0.3 is 5.97 Å². The minimum atomic E-state index is -1.01. The van der Waals surface area contributed by atoms with E-state index < -0.39 is 17.9 Å². The van der Waals surface area contributed by atoms with Crippen LogP contribution < -0.4 is 15.0 Å². The third-order valence-corrected chi connectivity index (χ3v) is 6.64. The molecule has 0 aliphatic rings. The molecule has 0 aromatic heterocycles. The first kappa shape index (κ1) is 29.1. The smallest absolute Gasteiger partial charge is 0.305 e. The lowest BCUT2D eigenvalue weighted by Gasteiger charge is -2.19. The first-order valence-electron chi connectivity index (χ1n) is 13.1. The van der Waals surface area contributed by atoms with E-state index in [-0.39, 0.29) is 6.42 Å². The molecular weight excluding hydrogens is 500 g/mol. The van der Waals surface area contributed by atoms with Gasteiger partial charge in [0, 0.05) is 24.8 Å². The summed E-state index contributed by atoms with van der Waals surface area (Å²) in [6.45, 7) is 2.67. The molecule has 0 aliphatic carbocycles. The number of nitrogens with zero attached hydrogens (tertiary/aromatic N) is 1. The summed E-state index contributed by atoms with van der Waals surface area (Å²) in [7, 11) is 3.99. The van der Waals surface area contributed by atoms with Gasteiger partial charge in [-0.25, -0.2) is 0 Å². The summed E-state index contributed by atoms with van der Waals surface area (Å²) in [6, 6.07) is 20.0. The molecule has 7 heteroatoms. The summed E-state index contributed by atoms with van der Waals surface area (Å²) in [5.74, 6) is -0.996. The van der Waals surface area contributed by atoms with Crippen molar-refractivity contribution in [2.45, 2.75) is 51.5 Å². The van der Waals surface area contributed by atoms with Crippen LogP contribution in [0.1, 0.15) is 67.4 Å². The van der Waals surface area contributed by atoms with E-state index in [4.69, 9.17) is 16.3 Å². The molecule has 38 heavy (non-hydrogen) atoms. The van der Waals surface area contributed by atoms with Crippen LogP contribution in [-0.4, -0.2) is 37.7 Å². The fourth-order valence-electron chi connectivity index (χ4n) is 4.22. The summed E-state index contributed by atoms with van der Waals surface area (Å²) in [5.41, 5.74) is 4.16.